The van der Waals surface area contributed by atoms with Crippen molar-refractivity contribution in [2.75, 3.05) is 79.7 Å². The van der Waals surface area contributed by atoms with Crippen molar-refractivity contribution in [1.29, 1.82) is 0 Å². The van der Waals surface area contributed by atoms with Crippen molar-refractivity contribution in [1.82, 2.24) is 39.8 Å². The summed E-state index contributed by atoms with van der Waals surface area (Å²) in [4.78, 5) is 48.2. The Balaban J connectivity index is 1.15. The number of rotatable bonds is 14. The normalized spacial score (nSPS) is 16.8. The predicted octanol–water partition coefficient (Wildman–Crippen LogP) is 4.82. The number of methoxy groups -OCH3 is 1. The fourth-order valence-electron chi connectivity index (χ4n) is 7.93. The quantitative estimate of drug-likeness (QED) is 0.129. The number of halogens is 4. The summed E-state index contributed by atoms with van der Waals surface area (Å²) in [5.74, 6) is -2.50. The van der Waals surface area contributed by atoms with Crippen LogP contribution in [0, 0.1) is 5.82 Å². The Bertz CT molecular complexity index is 2010. The number of aromatic nitrogens is 4. The van der Waals surface area contributed by atoms with Crippen molar-refractivity contribution in [2.45, 2.75) is 43.7 Å². The molecule has 3 heterocycles. The van der Waals surface area contributed by atoms with Crippen LogP contribution in [0.4, 0.5) is 17.6 Å². The summed E-state index contributed by atoms with van der Waals surface area (Å²) >= 11 is 0. The molecular weight excluding hydrogens is 760 g/mol. The number of piperazine rings is 1. The van der Waals surface area contributed by atoms with Gasteiger partial charge in [-0.2, -0.15) is 17.9 Å². The molecule has 3 aromatic carbocycles. The number of ether oxygens (including phenoxy) is 2. The smallest absolute Gasteiger partial charge is 0.453 e. The van der Waals surface area contributed by atoms with E-state index < -0.39 is 29.1 Å². The molecule has 2 aliphatic heterocycles. The topological polar surface area (TPSA) is 126 Å². The number of piperidine rings is 1. The molecule has 2 fully saturated rings. The number of amides is 2. The molecule has 1 atom stereocenters. The van der Waals surface area contributed by atoms with Crippen molar-refractivity contribution in [3.63, 3.8) is 0 Å². The molecular formula is C41H48F4N8O5. The van der Waals surface area contributed by atoms with Crippen LogP contribution in [0.2, 0.25) is 0 Å². The minimum Gasteiger partial charge on any atom is -0.496 e. The molecule has 2 aliphatic rings. The lowest BCUT2D eigenvalue weighted by Crippen LogP contribution is -2.57. The first-order chi connectivity index (χ1) is 27.8. The second kappa shape index (κ2) is 18.4. The number of likely N-dealkylation sites (tertiary alicyclic amines) is 1. The van der Waals surface area contributed by atoms with Gasteiger partial charge in [0.2, 0.25) is 5.91 Å². The summed E-state index contributed by atoms with van der Waals surface area (Å²) in [5, 5.41) is 9.78. The zero-order chi connectivity index (χ0) is 41.5. The van der Waals surface area contributed by atoms with Gasteiger partial charge in [0.1, 0.15) is 11.6 Å². The number of nitrogens with zero attached hydrogens (tertiary/aromatic N) is 8. The molecule has 0 spiro atoms. The lowest BCUT2D eigenvalue weighted by molar-refractivity contribution is -0.147. The van der Waals surface area contributed by atoms with Gasteiger partial charge in [0, 0.05) is 45.7 Å². The fourth-order valence-corrected chi connectivity index (χ4v) is 7.93. The fraction of sp³-hybridized carbons (Fsp3) is 0.463. The highest BCUT2D eigenvalue weighted by Gasteiger charge is 2.45. The van der Waals surface area contributed by atoms with Gasteiger partial charge in [-0.25, -0.2) is 4.39 Å². The molecule has 0 saturated carbocycles. The Morgan fingerprint density at radius 2 is 1.60 bits per heavy atom. The molecule has 2 saturated heterocycles. The van der Waals surface area contributed by atoms with Gasteiger partial charge in [-0.3, -0.25) is 19.3 Å². The average Bonchev–Trinajstić information content (AvgIpc) is 3.74. The van der Waals surface area contributed by atoms with E-state index in [1.807, 2.05) is 40.1 Å². The maximum atomic E-state index is 14.4. The average molecular weight is 809 g/mol. The maximum absolute atomic E-state index is 14.4. The Morgan fingerprint density at radius 1 is 0.914 bits per heavy atom. The second-order valence-electron chi connectivity index (χ2n) is 14.7. The molecule has 17 heteroatoms. The number of hydrogen-bond acceptors (Lipinski definition) is 10. The summed E-state index contributed by atoms with van der Waals surface area (Å²) in [6.07, 6.45) is -3.03. The summed E-state index contributed by atoms with van der Waals surface area (Å²) in [6.45, 7) is 6.64. The summed E-state index contributed by atoms with van der Waals surface area (Å²) in [7, 11) is 2.96. The number of likely N-dealkylation sites (N-methyl/N-ethyl adjacent to an activating group) is 1. The molecule has 13 nitrogen and oxygen atoms in total. The lowest BCUT2D eigenvalue weighted by atomic mass is 9.71. The van der Waals surface area contributed by atoms with E-state index in [2.05, 4.69) is 20.4 Å². The van der Waals surface area contributed by atoms with Crippen molar-refractivity contribution in [2.24, 2.45) is 0 Å². The molecule has 1 aromatic heterocycles. The second-order valence-corrected chi connectivity index (χ2v) is 14.7. The molecule has 6 rings (SSSR count). The van der Waals surface area contributed by atoms with Gasteiger partial charge >= 0.3 is 12.1 Å². The van der Waals surface area contributed by atoms with Crippen LogP contribution in [-0.4, -0.2) is 137 Å². The van der Waals surface area contributed by atoms with E-state index in [-0.39, 0.29) is 47.9 Å². The number of tetrazole rings is 1. The number of carbonyl (C=O) groups is 3. The first-order valence-corrected chi connectivity index (χ1v) is 19.3. The van der Waals surface area contributed by atoms with E-state index in [9.17, 15) is 31.9 Å². The van der Waals surface area contributed by atoms with Gasteiger partial charge in [0.25, 0.3) is 11.7 Å². The van der Waals surface area contributed by atoms with Gasteiger partial charge in [-0.05, 0) is 97.7 Å². The minimum absolute atomic E-state index is 0.0161. The summed E-state index contributed by atoms with van der Waals surface area (Å²) in [5.41, 5.74) is 1.03. The van der Waals surface area contributed by atoms with Crippen molar-refractivity contribution >= 4 is 17.8 Å². The van der Waals surface area contributed by atoms with Crippen LogP contribution in [0.3, 0.4) is 0 Å². The molecule has 58 heavy (non-hydrogen) atoms. The Labute approximate surface area is 334 Å². The summed E-state index contributed by atoms with van der Waals surface area (Å²) < 4.78 is 65.9. The number of carbonyl (C=O) groups excluding carboxylic acids is 3. The molecule has 0 aliphatic carbocycles. The van der Waals surface area contributed by atoms with E-state index in [0.717, 1.165) is 11.1 Å². The van der Waals surface area contributed by atoms with Gasteiger partial charge in [0.15, 0.2) is 0 Å². The van der Waals surface area contributed by atoms with Crippen molar-refractivity contribution in [3.8, 4) is 11.4 Å². The van der Waals surface area contributed by atoms with Gasteiger partial charge in [-0.1, -0.05) is 42.5 Å². The molecule has 4 aromatic rings. The predicted molar refractivity (Wildman–Crippen MR) is 205 cm³/mol. The third-order valence-corrected chi connectivity index (χ3v) is 11.1. The Hall–Kier alpha value is -5.42. The van der Waals surface area contributed by atoms with E-state index in [4.69, 9.17) is 9.47 Å². The standard InChI is InChI=1S/C41H48F4N8O5/c1-4-58-36(54)28-51-22-24-52(25-23-51)39(56)40(31-8-6-5-7-9-31)17-20-50(21-18-40)19-16-30(29-10-12-32(42)13-11-29)27-49(2)37(55)34-26-33(14-15-35(34)57-3)53-38(41(43,44)45)46-47-48-53/h5-15,26,30H,4,16-25,27-28H2,1-3H3. The van der Waals surface area contributed by atoms with E-state index >= 15 is 0 Å². The van der Waals surface area contributed by atoms with Crippen LogP contribution in [0.15, 0.2) is 72.8 Å². The highest BCUT2D eigenvalue weighted by molar-refractivity contribution is 5.97. The third-order valence-electron chi connectivity index (χ3n) is 11.1. The van der Waals surface area contributed by atoms with E-state index in [1.165, 1.54) is 42.3 Å². The molecule has 0 radical (unpaired) electrons. The van der Waals surface area contributed by atoms with Crippen molar-refractivity contribution < 1.29 is 41.4 Å². The Kier molecular flexibility index (Phi) is 13.4. The highest BCUT2D eigenvalue weighted by atomic mass is 19.4. The third kappa shape index (κ3) is 9.64. The largest absolute Gasteiger partial charge is 0.496 e. The van der Waals surface area contributed by atoms with Crippen LogP contribution in [0.5, 0.6) is 5.75 Å². The molecule has 1 unspecified atom stereocenters. The minimum atomic E-state index is -4.83. The van der Waals surface area contributed by atoms with E-state index in [1.54, 1.807) is 26.1 Å². The van der Waals surface area contributed by atoms with Gasteiger partial charge < -0.3 is 24.2 Å². The van der Waals surface area contributed by atoms with Crippen LogP contribution in [-0.2, 0) is 25.9 Å². The highest BCUT2D eigenvalue weighted by Crippen LogP contribution is 2.38. The van der Waals surface area contributed by atoms with Crippen LogP contribution >= 0.6 is 0 Å². The summed E-state index contributed by atoms with van der Waals surface area (Å²) in [6, 6.07) is 20.0. The zero-order valence-corrected chi connectivity index (χ0v) is 32.8. The number of esters is 1. The lowest BCUT2D eigenvalue weighted by Gasteiger charge is -2.45. The number of hydrogen-bond donors (Lipinski definition) is 0. The number of alkyl halides is 3. The SMILES string of the molecule is CCOC(=O)CN1CCN(C(=O)C2(c3ccccc3)CCN(CCC(CN(C)C(=O)c3cc(-n4nnnc4C(F)(F)F)ccc3OC)c3ccc(F)cc3)CC2)CC1. The molecule has 0 bridgehead atoms. The Morgan fingerprint density at radius 3 is 2.24 bits per heavy atom. The first-order valence-electron chi connectivity index (χ1n) is 19.3. The van der Waals surface area contributed by atoms with Gasteiger partial charge in [-0.15, -0.1) is 5.10 Å². The zero-order valence-electron chi connectivity index (χ0n) is 32.8. The van der Waals surface area contributed by atoms with E-state index in [0.29, 0.717) is 76.4 Å². The molecule has 310 valence electrons. The maximum Gasteiger partial charge on any atom is 0.453 e. The van der Waals surface area contributed by atoms with Gasteiger partial charge in [0.05, 0.1) is 36.9 Å². The first kappa shape index (κ1) is 42.2. The van der Waals surface area contributed by atoms with Crippen LogP contribution in [0.1, 0.15) is 59.4 Å². The molecule has 0 N–H and O–H groups in total. The molecule has 2 amide bonds. The number of benzene rings is 3. The van der Waals surface area contributed by atoms with Crippen molar-refractivity contribution in [3.05, 3.63) is 101 Å². The monoisotopic (exact) mass is 808 g/mol. The van der Waals surface area contributed by atoms with Crippen LogP contribution in [0.25, 0.3) is 5.69 Å². The van der Waals surface area contributed by atoms with Crippen LogP contribution < -0.4 is 4.74 Å².